The molecule has 1 aromatic heterocycles. The highest BCUT2D eigenvalue weighted by Crippen LogP contribution is 2.12. The van der Waals surface area contributed by atoms with Gasteiger partial charge in [-0.2, -0.15) is 0 Å². The van der Waals surface area contributed by atoms with E-state index in [4.69, 9.17) is 16.3 Å². The number of amides is 1. The van der Waals surface area contributed by atoms with Crippen LogP contribution in [0.15, 0.2) is 42.6 Å². The first kappa shape index (κ1) is 18.2. The molecule has 0 saturated heterocycles. The third-order valence-corrected chi connectivity index (χ3v) is 3.67. The van der Waals surface area contributed by atoms with Crippen LogP contribution in [-0.2, 0) is 11.2 Å². The number of methoxy groups -OCH3 is 1. The number of nitrogens with one attached hydrogen (secondary N) is 2. The monoisotopic (exact) mass is 347 g/mol. The first-order valence-corrected chi connectivity index (χ1v) is 8.28. The first-order chi connectivity index (χ1) is 11.7. The number of ether oxygens (including phenoxy) is 1. The van der Waals surface area contributed by atoms with E-state index in [1.807, 2.05) is 30.3 Å². The van der Waals surface area contributed by atoms with E-state index in [1.165, 1.54) is 5.56 Å². The molecule has 2 N–H and O–H groups in total. The normalized spacial score (nSPS) is 10.4. The van der Waals surface area contributed by atoms with Crippen molar-refractivity contribution in [3.05, 3.63) is 58.9 Å². The largest absolute Gasteiger partial charge is 0.385 e. The van der Waals surface area contributed by atoms with Crippen molar-refractivity contribution in [3.63, 3.8) is 0 Å². The lowest BCUT2D eigenvalue weighted by molar-refractivity contribution is 0.0943. The molecule has 0 radical (unpaired) electrons. The minimum absolute atomic E-state index is 0.176. The quantitative estimate of drug-likeness (QED) is 0.684. The number of halogens is 1. The summed E-state index contributed by atoms with van der Waals surface area (Å²) in [6.07, 6.45) is 3.26. The summed E-state index contributed by atoms with van der Waals surface area (Å²) in [6.45, 7) is 1.94. The Labute approximate surface area is 147 Å². The Bertz CT molecular complexity index is 664. The van der Waals surface area contributed by atoms with E-state index in [-0.39, 0.29) is 5.91 Å². The van der Waals surface area contributed by atoms with Gasteiger partial charge in [-0.25, -0.2) is 0 Å². The average Bonchev–Trinajstić information content (AvgIpc) is 2.59. The van der Waals surface area contributed by atoms with Crippen molar-refractivity contribution in [2.75, 3.05) is 32.1 Å². The van der Waals surface area contributed by atoms with Gasteiger partial charge in [0.2, 0.25) is 0 Å². The van der Waals surface area contributed by atoms with Gasteiger partial charge in [0.15, 0.2) is 0 Å². The number of nitrogens with zero attached hydrogens (tertiary/aromatic N) is 1. The third kappa shape index (κ3) is 6.18. The molecule has 0 atom stereocenters. The molecule has 2 aromatic rings. The predicted octanol–water partition coefficient (Wildman–Crippen LogP) is 3.16. The van der Waals surface area contributed by atoms with Gasteiger partial charge in [-0.15, -0.1) is 0 Å². The highest BCUT2D eigenvalue weighted by Gasteiger charge is 2.07. The Balaban J connectivity index is 1.82. The maximum absolute atomic E-state index is 12.0. The average molecular weight is 348 g/mol. The summed E-state index contributed by atoms with van der Waals surface area (Å²) in [5, 5.41) is 6.87. The minimum atomic E-state index is -0.176. The van der Waals surface area contributed by atoms with Gasteiger partial charge in [-0.1, -0.05) is 23.7 Å². The zero-order valence-electron chi connectivity index (χ0n) is 13.7. The summed E-state index contributed by atoms with van der Waals surface area (Å²) in [5.74, 6) is -0.176. The number of carbonyl (C=O) groups is 1. The lowest BCUT2D eigenvalue weighted by Gasteiger charge is -2.09. The molecule has 2 rings (SSSR count). The standard InChI is InChI=1S/C18H22ClN3O2/c1-24-11-3-8-22-18(23)17-13-16(7-10-21-17)20-9-6-14-4-2-5-15(19)12-14/h2,4-5,7,10,12-13H,3,6,8-9,11H2,1H3,(H,20,21)(H,22,23). The summed E-state index contributed by atoms with van der Waals surface area (Å²) in [5.41, 5.74) is 2.44. The van der Waals surface area contributed by atoms with Gasteiger partial charge in [-0.05, 0) is 42.7 Å². The molecular formula is C18H22ClN3O2. The Hall–Kier alpha value is -2.11. The van der Waals surface area contributed by atoms with Crippen LogP contribution in [0.2, 0.25) is 5.02 Å². The summed E-state index contributed by atoms with van der Waals surface area (Å²) < 4.78 is 4.95. The van der Waals surface area contributed by atoms with Gasteiger partial charge in [-0.3, -0.25) is 9.78 Å². The van der Waals surface area contributed by atoms with Gasteiger partial charge in [0.1, 0.15) is 5.69 Å². The van der Waals surface area contributed by atoms with Crippen LogP contribution in [-0.4, -0.2) is 37.7 Å². The van der Waals surface area contributed by atoms with E-state index in [2.05, 4.69) is 15.6 Å². The van der Waals surface area contributed by atoms with Crippen molar-refractivity contribution in [2.24, 2.45) is 0 Å². The summed E-state index contributed by atoms with van der Waals surface area (Å²) >= 11 is 5.98. The van der Waals surface area contributed by atoms with Crippen molar-refractivity contribution in [3.8, 4) is 0 Å². The van der Waals surface area contributed by atoms with E-state index in [0.717, 1.165) is 30.1 Å². The molecule has 0 fully saturated rings. The van der Waals surface area contributed by atoms with Crippen LogP contribution < -0.4 is 10.6 Å². The lowest BCUT2D eigenvalue weighted by Crippen LogP contribution is -2.26. The van der Waals surface area contributed by atoms with Gasteiger partial charge in [0, 0.05) is 43.7 Å². The van der Waals surface area contributed by atoms with Crippen LogP contribution in [0.3, 0.4) is 0 Å². The highest BCUT2D eigenvalue weighted by molar-refractivity contribution is 6.30. The second kappa shape index (κ2) is 9.90. The maximum atomic E-state index is 12.0. The fraction of sp³-hybridized carbons (Fsp3) is 0.333. The SMILES string of the molecule is COCCCNC(=O)c1cc(NCCc2cccc(Cl)c2)ccn1. The zero-order chi connectivity index (χ0) is 17.2. The molecule has 5 nitrogen and oxygen atoms in total. The van der Waals surface area contributed by atoms with Crippen LogP contribution >= 0.6 is 11.6 Å². The number of hydrogen-bond acceptors (Lipinski definition) is 4. The number of pyridine rings is 1. The van der Waals surface area contributed by atoms with Gasteiger partial charge in [0.25, 0.3) is 5.91 Å². The molecule has 0 saturated carbocycles. The minimum Gasteiger partial charge on any atom is -0.385 e. The second-order valence-corrected chi connectivity index (χ2v) is 5.78. The van der Waals surface area contributed by atoms with Crippen LogP contribution in [0, 0.1) is 0 Å². The van der Waals surface area contributed by atoms with Crippen molar-refractivity contribution in [1.82, 2.24) is 10.3 Å². The number of hydrogen-bond donors (Lipinski definition) is 2. The molecule has 0 spiro atoms. The van der Waals surface area contributed by atoms with Crippen LogP contribution in [0.5, 0.6) is 0 Å². The Kier molecular flexibility index (Phi) is 7.52. The number of rotatable bonds is 9. The molecule has 6 heteroatoms. The molecule has 0 bridgehead atoms. The molecule has 1 aromatic carbocycles. The predicted molar refractivity (Wildman–Crippen MR) is 96.7 cm³/mol. The molecule has 24 heavy (non-hydrogen) atoms. The molecule has 128 valence electrons. The second-order valence-electron chi connectivity index (χ2n) is 5.34. The lowest BCUT2D eigenvalue weighted by atomic mass is 10.1. The molecule has 0 aliphatic rings. The Morgan fingerprint density at radius 2 is 2.12 bits per heavy atom. The Morgan fingerprint density at radius 1 is 1.25 bits per heavy atom. The van der Waals surface area contributed by atoms with Gasteiger partial charge < -0.3 is 15.4 Å². The molecule has 0 unspecified atom stereocenters. The van der Waals surface area contributed by atoms with E-state index in [0.29, 0.717) is 18.8 Å². The van der Waals surface area contributed by atoms with Gasteiger partial charge >= 0.3 is 0 Å². The zero-order valence-corrected chi connectivity index (χ0v) is 14.5. The molecular weight excluding hydrogens is 326 g/mol. The molecule has 1 heterocycles. The van der Waals surface area contributed by atoms with Crippen molar-refractivity contribution >= 4 is 23.2 Å². The van der Waals surface area contributed by atoms with Gasteiger partial charge in [0.05, 0.1) is 0 Å². The van der Waals surface area contributed by atoms with Crippen LogP contribution in [0.4, 0.5) is 5.69 Å². The first-order valence-electron chi connectivity index (χ1n) is 7.90. The van der Waals surface area contributed by atoms with E-state index >= 15 is 0 Å². The number of benzene rings is 1. The van der Waals surface area contributed by atoms with E-state index < -0.39 is 0 Å². The fourth-order valence-electron chi connectivity index (χ4n) is 2.22. The third-order valence-electron chi connectivity index (χ3n) is 3.44. The Morgan fingerprint density at radius 3 is 2.92 bits per heavy atom. The van der Waals surface area contributed by atoms with Crippen LogP contribution in [0.25, 0.3) is 0 Å². The van der Waals surface area contributed by atoms with E-state index in [1.54, 1.807) is 19.4 Å². The van der Waals surface area contributed by atoms with Crippen LogP contribution in [0.1, 0.15) is 22.5 Å². The van der Waals surface area contributed by atoms with Crippen molar-refractivity contribution < 1.29 is 9.53 Å². The number of anilines is 1. The van der Waals surface area contributed by atoms with Crippen molar-refractivity contribution in [1.29, 1.82) is 0 Å². The molecule has 0 aliphatic carbocycles. The topological polar surface area (TPSA) is 63.2 Å². The number of carbonyl (C=O) groups excluding carboxylic acids is 1. The highest BCUT2D eigenvalue weighted by atomic mass is 35.5. The molecule has 0 aliphatic heterocycles. The number of aromatic nitrogens is 1. The maximum Gasteiger partial charge on any atom is 0.269 e. The summed E-state index contributed by atoms with van der Waals surface area (Å²) in [6, 6.07) is 11.4. The van der Waals surface area contributed by atoms with Crippen molar-refractivity contribution in [2.45, 2.75) is 12.8 Å². The smallest absolute Gasteiger partial charge is 0.269 e. The fourth-order valence-corrected chi connectivity index (χ4v) is 2.43. The summed E-state index contributed by atoms with van der Waals surface area (Å²) in [7, 11) is 1.64. The van der Waals surface area contributed by atoms with E-state index in [9.17, 15) is 4.79 Å². The molecule has 1 amide bonds. The summed E-state index contributed by atoms with van der Waals surface area (Å²) in [4.78, 5) is 16.2.